The number of thiophene rings is 1. The highest BCUT2D eigenvalue weighted by Gasteiger charge is 2.14. The zero-order valence-electron chi connectivity index (χ0n) is 9.98. The van der Waals surface area contributed by atoms with Gasteiger partial charge < -0.3 is 10.6 Å². The average Bonchev–Trinajstić information content (AvgIpc) is 2.69. The summed E-state index contributed by atoms with van der Waals surface area (Å²) in [6, 6.07) is 2.17. The van der Waals surface area contributed by atoms with Crippen LogP contribution in [-0.4, -0.2) is 30.4 Å². The molecule has 3 nitrogen and oxygen atoms in total. The van der Waals surface area contributed by atoms with Crippen LogP contribution < -0.4 is 5.73 Å². The quantitative estimate of drug-likeness (QED) is 0.895. The van der Waals surface area contributed by atoms with E-state index in [0.29, 0.717) is 13.0 Å². The van der Waals surface area contributed by atoms with Crippen LogP contribution in [0.5, 0.6) is 0 Å². The SMILES string of the molecule is CC(CN)N(C)C(=O)CCc1cc(Br)cs1.Cl. The first-order valence-electron chi connectivity index (χ1n) is 5.23. The third-order valence-electron chi connectivity index (χ3n) is 2.60. The van der Waals surface area contributed by atoms with Gasteiger partial charge in [-0.1, -0.05) is 0 Å². The van der Waals surface area contributed by atoms with Crippen LogP contribution in [0, 0.1) is 0 Å². The molecule has 0 saturated heterocycles. The Bertz CT molecular complexity index is 359. The normalized spacial score (nSPS) is 11.8. The Hall–Kier alpha value is -0.100. The van der Waals surface area contributed by atoms with Crippen LogP contribution in [0.4, 0.5) is 0 Å². The molecule has 0 bridgehead atoms. The molecular formula is C11H18BrClN2OS. The van der Waals surface area contributed by atoms with Crippen LogP contribution in [0.15, 0.2) is 15.9 Å². The van der Waals surface area contributed by atoms with Crippen molar-refractivity contribution in [3.63, 3.8) is 0 Å². The molecule has 0 aliphatic carbocycles. The molecule has 0 fully saturated rings. The molecule has 0 saturated carbocycles. The van der Waals surface area contributed by atoms with E-state index >= 15 is 0 Å². The Kier molecular flexibility index (Phi) is 8.03. The maximum atomic E-state index is 11.8. The van der Waals surface area contributed by atoms with Gasteiger partial charge in [-0.2, -0.15) is 0 Å². The molecule has 17 heavy (non-hydrogen) atoms. The van der Waals surface area contributed by atoms with E-state index in [1.165, 1.54) is 4.88 Å². The van der Waals surface area contributed by atoms with Crippen LogP contribution in [-0.2, 0) is 11.2 Å². The molecule has 0 aromatic carbocycles. The molecule has 0 aliphatic heterocycles. The number of carbonyl (C=O) groups is 1. The van der Waals surface area contributed by atoms with Crippen molar-refractivity contribution < 1.29 is 4.79 Å². The Morgan fingerprint density at radius 2 is 2.29 bits per heavy atom. The number of aryl methyl sites for hydroxylation is 1. The van der Waals surface area contributed by atoms with Gasteiger partial charge in [-0.15, -0.1) is 23.7 Å². The third-order valence-corrected chi connectivity index (χ3v) is 4.36. The first kappa shape index (κ1) is 16.9. The summed E-state index contributed by atoms with van der Waals surface area (Å²) in [6.07, 6.45) is 1.35. The van der Waals surface area contributed by atoms with Gasteiger partial charge in [0, 0.05) is 40.8 Å². The third kappa shape index (κ3) is 5.38. The van der Waals surface area contributed by atoms with Gasteiger partial charge in [0.05, 0.1) is 0 Å². The first-order valence-corrected chi connectivity index (χ1v) is 6.90. The first-order chi connectivity index (χ1) is 7.54. The van der Waals surface area contributed by atoms with E-state index in [9.17, 15) is 4.79 Å². The summed E-state index contributed by atoms with van der Waals surface area (Å²) < 4.78 is 1.09. The van der Waals surface area contributed by atoms with E-state index in [1.807, 2.05) is 19.4 Å². The molecule has 2 N–H and O–H groups in total. The topological polar surface area (TPSA) is 46.3 Å². The summed E-state index contributed by atoms with van der Waals surface area (Å²) in [7, 11) is 1.81. The number of amides is 1. The maximum Gasteiger partial charge on any atom is 0.222 e. The number of hydrogen-bond donors (Lipinski definition) is 1. The van der Waals surface area contributed by atoms with E-state index in [0.717, 1.165) is 10.9 Å². The standard InChI is InChI=1S/C11H17BrN2OS.ClH/c1-8(6-13)14(2)11(15)4-3-10-5-9(12)7-16-10;/h5,7-8H,3-4,6,13H2,1-2H3;1H. The second-order valence-corrected chi connectivity index (χ2v) is 5.73. The van der Waals surface area contributed by atoms with Gasteiger partial charge in [0.1, 0.15) is 0 Å². The van der Waals surface area contributed by atoms with Crippen LogP contribution in [0.3, 0.4) is 0 Å². The van der Waals surface area contributed by atoms with Gasteiger partial charge in [-0.25, -0.2) is 0 Å². The number of nitrogens with two attached hydrogens (primary N) is 1. The Morgan fingerprint density at radius 3 is 2.76 bits per heavy atom. The van der Waals surface area contributed by atoms with E-state index in [4.69, 9.17) is 5.73 Å². The Labute approximate surface area is 121 Å². The van der Waals surface area contributed by atoms with Gasteiger partial charge in [0.25, 0.3) is 0 Å². The Balaban J connectivity index is 0.00000256. The lowest BCUT2D eigenvalue weighted by Gasteiger charge is -2.23. The monoisotopic (exact) mass is 340 g/mol. The van der Waals surface area contributed by atoms with Crippen molar-refractivity contribution in [2.24, 2.45) is 5.73 Å². The lowest BCUT2D eigenvalue weighted by atomic mass is 10.2. The molecular weight excluding hydrogens is 324 g/mol. The molecule has 0 spiro atoms. The highest BCUT2D eigenvalue weighted by molar-refractivity contribution is 9.10. The van der Waals surface area contributed by atoms with E-state index in [2.05, 4.69) is 22.0 Å². The number of hydrogen-bond acceptors (Lipinski definition) is 3. The van der Waals surface area contributed by atoms with Crippen molar-refractivity contribution in [2.45, 2.75) is 25.8 Å². The predicted octanol–water partition coefficient (Wildman–Crippen LogP) is 2.67. The summed E-state index contributed by atoms with van der Waals surface area (Å²) >= 11 is 5.08. The molecule has 0 aliphatic rings. The second-order valence-electron chi connectivity index (χ2n) is 3.82. The fraction of sp³-hybridized carbons (Fsp3) is 0.545. The number of halogens is 2. The highest BCUT2D eigenvalue weighted by Crippen LogP contribution is 2.21. The summed E-state index contributed by atoms with van der Waals surface area (Å²) in [6.45, 7) is 2.46. The summed E-state index contributed by atoms with van der Waals surface area (Å²) in [5, 5.41) is 2.03. The predicted molar refractivity (Wildman–Crippen MR) is 78.9 cm³/mol. The molecule has 6 heteroatoms. The fourth-order valence-electron chi connectivity index (χ4n) is 1.30. The van der Waals surface area contributed by atoms with Crippen LogP contribution in [0.1, 0.15) is 18.2 Å². The van der Waals surface area contributed by atoms with Crippen molar-refractivity contribution in [1.29, 1.82) is 0 Å². The minimum atomic E-state index is 0. The molecule has 1 aromatic rings. The van der Waals surface area contributed by atoms with Gasteiger partial charge in [0.2, 0.25) is 5.91 Å². The van der Waals surface area contributed by atoms with Crippen molar-refractivity contribution in [3.05, 3.63) is 20.8 Å². The molecule has 1 atom stereocenters. The van der Waals surface area contributed by atoms with Gasteiger partial charge >= 0.3 is 0 Å². The average molecular weight is 342 g/mol. The van der Waals surface area contributed by atoms with Crippen LogP contribution >= 0.6 is 39.7 Å². The van der Waals surface area contributed by atoms with E-state index < -0.39 is 0 Å². The van der Waals surface area contributed by atoms with Gasteiger partial charge in [-0.3, -0.25) is 4.79 Å². The molecule has 0 radical (unpaired) electrons. The number of likely N-dealkylation sites (N-methyl/N-ethyl adjacent to an activating group) is 1. The smallest absolute Gasteiger partial charge is 0.222 e. The summed E-state index contributed by atoms with van der Waals surface area (Å²) in [4.78, 5) is 14.7. The maximum absolute atomic E-state index is 11.8. The largest absolute Gasteiger partial charge is 0.342 e. The summed E-state index contributed by atoms with van der Waals surface area (Å²) in [5.41, 5.74) is 5.52. The fourth-order valence-corrected chi connectivity index (χ4v) is 2.75. The van der Waals surface area contributed by atoms with Gasteiger partial charge in [0.15, 0.2) is 0 Å². The lowest BCUT2D eigenvalue weighted by Crippen LogP contribution is -2.39. The van der Waals surface area contributed by atoms with Crippen molar-refractivity contribution >= 4 is 45.6 Å². The lowest BCUT2D eigenvalue weighted by molar-refractivity contribution is -0.131. The van der Waals surface area contributed by atoms with E-state index in [-0.39, 0.29) is 24.4 Å². The second kappa shape index (κ2) is 8.08. The van der Waals surface area contributed by atoms with Crippen molar-refractivity contribution in [2.75, 3.05) is 13.6 Å². The zero-order chi connectivity index (χ0) is 12.1. The van der Waals surface area contributed by atoms with E-state index in [1.54, 1.807) is 16.2 Å². The van der Waals surface area contributed by atoms with Crippen molar-refractivity contribution in [3.8, 4) is 0 Å². The molecule has 1 rings (SSSR count). The molecule has 1 heterocycles. The van der Waals surface area contributed by atoms with Gasteiger partial charge in [-0.05, 0) is 35.3 Å². The van der Waals surface area contributed by atoms with Crippen LogP contribution in [0.2, 0.25) is 0 Å². The van der Waals surface area contributed by atoms with Crippen molar-refractivity contribution in [1.82, 2.24) is 4.90 Å². The summed E-state index contributed by atoms with van der Waals surface area (Å²) in [5.74, 6) is 0.155. The zero-order valence-corrected chi connectivity index (χ0v) is 13.2. The highest BCUT2D eigenvalue weighted by atomic mass is 79.9. The number of rotatable bonds is 5. The number of nitrogens with zero attached hydrogens (tertiary/aromatic N) is 1. The minimum absolute atomic E-state index is 0. The number of carbonyl (C=O) groups excluding carboxylic acids is 1. The Morgan fingerprint density at radius 1 is 1.65 bits per heavy atom. The molecule has 1 unspecified atom stereocenters. The molecule has 1 amide bonds. The minimum Gasteiger partial charge on any atom is -0.342 e. The molecule has 1 aromatic heterocycles. The van der Waals surface area contributed by atoms with Crippen LogP contribution in [0.25, 0.3) is 0 Å². The molecule has 98 valence electrons.